The molecule has 0 aliphatic carbocycles. The summed E-state index contributed by atoms with van der Waals surface area (Å²) in [5.74, 6) is 0.215. The van der Waals surface area contributed by atoms with Crippen molar-refractivity contribution in [1.82, 2.24) is 0 Å². The van der Waals surface area contributed by atoms with Crippen LogP contribution in [0.4, 0.5) is 5.69 Å². The number of benzene rings is 3. The number of amides is 1. The Kier molecular flexibility index (Phi) is 5.32. The Morgan fingerprint density at radius 1 is 0.966 bits per heavy atom. The second-order valence-corrected chi connectivity index (χ2v) is 7.76. The minimum Gasteiger partial charge on any atom is -0.320 e. The summed E-state index contributed by atoms with van der Waals surface area (Å²) in [5, 5.41) is 3.56. The van der Waals surface area contributed by atoms with E-state index in [1.54, 1.807) is 6.07 Å². The predicted molar refractivity (Wildman–Crippen MR) is 121 cm³/mol. The molecule has 29 heavy (non-hydrogen) atoms. The number of carbonyl (C=O) groups is 1. The van der Waals surface area contributed by atoms with Crippen LogP contribution in [0.25, 0.3) is 6.08 Å². The Labute approximate surface area is 175 Å². The molecule has 144 valence electrons. The molecule has 0 aromatic heterocycles. The van der Waals surface area contributed by atoms with E-state index >= 15 is 0 Å². The van der Waals surface area contributed by atoms with Gasteiger partial charge in [0.15, 0.2) is 0 Å². The topological polar surface area (TPSA) is 41.5 Å². The molecule has 1 N–H and O–H groups in total. The lowest BCUT2D eigenvalue weighted by atomic mass is 10.0. The lowest BCUT2D eigenvalue weighted by Gasteiger charge is -2.10. The number of carbonyl (C=O) groups excluding carboxylic acids is 1. The summed E-state index contributed by atoms with van der Waals surface area (Å²) in [7, 11) is 0. The van der Waals surface area contributed by atoms with Gasteiger partial charge in [-0.05, 0) is 41.3 Å². The quantitative estimate of drug-likeness (QED) is 0.515. The molecule has 4 rings (SSSR count). The Balaban J connectivity index is 1.85. The van der Waals surface area contributed by atoms with Crippen molar-refractivity contribution < 1.29 is 4.79 Å². The highest BCUT2D eigenvalue weighted by Gasteiger charge is 2.21. The summed E-state index contributed by atoms with van der Waals surface area (Å²) in [6, 6.07) is 23.4. The molecule has 0 atom stereocenters. The Hall–Kier alpha value is -3.17. The van der Waals surface area contributed by atoms with E-state index in [0.29, 0.717) is 28.0 Å². The number of halogens is 1. The molecule has 4 heteroatoms. The van der Waals surface area contributed by atoms with Gasteiger partial charge in [-0.1, -0.05) is 80.0 Å². The third-order valence-electron chi connectivity index (χ3n) is 4.90. The van der Waals surface area contributed by atoms with Crippen LogP contribution in [0.15, 0.2) is 83.5 Å². The maximum absolute atomic E-state index is 12.9. The van der Waals surface area contributed by atoms with Crippen molar-refractivity contribution in [2.24, 2.45) is 4.99 Å². The molecule has 0 radical (unpaired) electrons. The van der Waals surface area contributed by atoms with Crippen molar-refractivity contribution >= 4 is 35.0 Å². The Morgan fingerprint density at radius 3 is 2.38 bits per heavy atom. The number of fused-ring (bicyclic) bond motifs is 1. The number of anilines is 1. The van der Waals surface area contributed by atoms with E-state index in [0.717, 1.165) is 16.7 Å². The zero-order valence-electron chi connectivity index (χ0n) is 16.3. The van der Waals surface area contributed by atoms with Crippen molar-refractivity contribution in [2.75, 3.05) is 5.32 Å². The summed E-state index contributed by atoms with van der Waals surface area (Å²) in [5.41, 5.74) is 5.68. The van der Waals surface area contributed by atoms with Crippen molar-refractivity contribution in [3.8, 4) is 0 Å². The Bertz CT molecular complexity index is 1110. The van der Waals surface area contributed by atoms with Gasteiger partial charge in [-0.15, -0.1) is 0 Å². The molecule has 1 aliphatic rings. The van der Waals surface area contributed by atoms with Gasteiger partial charge in [0, 0.05) is 16.1 Å². The van der Waals surface area contributed by atoms with Gasteiger partial charge in [0.25, 0.3) is 5.91 Å². The summed E-state index contributed by atoms with van der Waals surface area (Å²) < 4.78 is 0. The standard InChI is InChI=1S/C25H21ClN2O/c1-16(2)18-10-8-17(9-11-18)14-23-25(29)28-22-13-12-20(26)15-21(22)24(27-23)19-6-4-3-5-7-19/h3-16H,1-2H3,(H,28,29)/b23-14+. The van der Waals surface area contributed by atoms with Crippen LogP contribution in [0.5, 0.6) is 0 Å². The van der Waals surface area contributed by atoms with Gasteiger partial charge in [-0.25, -0.2) is 4.99 Å². The minimum atomic E-state index is -0.243. The summed E-state index contributed by atoms with van der Waals surface area (Å²) in [4.78, 5) is 17.7. The molecule has 3 aromatic carbocycles. The van der Waals surface area contributed by atoms with E-state index in [2.05, 4.69) is 31.3 Å². The van der Waals surface area contributed by atoms with Crippen molar-refractivity contribution in [1.29, 1.82) is 0 Å². The molecule has 1 amide bonds. The summed E-state index contributed by atoms with van der Waals surface area (Å²) in [6.45, 7) is 4.32. The van der Waals surface area contributed by atoms with E-state index in [4.69, 9.17) is 16.6 Å². The first-order chi connectivity index (χ1) is 14.0. The van der Waals surface area contributed by atoms with Crippen LogP contribution >= 0.6 is 11.6 Å². The van der Waals surface area contributed by atoms with Gasteiger partial charge in [-0.2, -0.15) is 0 Å². The zero-order chi connectivity index (χ0) is 20.4. The smallest absolute Gasteiger partial charge is 0.274 e. The van der Waals surface area contributed by atoms with Crippen molar-refractivity contribution in [3.63, 3.8) is 0 Å². The molecule has 0 saturated heterocycles. The first-order valence-corrected chi connectivity index (χ1v) is 9.96. The predicted octanol–water partition coefficient (Wildman–Crippen LogP) is 6.29. The fourth-order valence-electron chi connectivity index (χ4n) is 3.29. The molecule has 1 aliphatic heterocycles. The third-order valence-corrected chi connectivity index (χ3v) is 5.14. The number of hydrogen-bond acceptors (Lipinski definition) is 2. The number of hydrogen-bond donors (Lipinski definition) is 1. The van der Waals surface area contributed by atoms with Gasteiger partial charge in [0.2, 0.25) is 0 Å². The van der Waals surface area contributed by atoms with Gasteiger partial charge < -0.3 is 5.32 Å². The highest BCUT2D eigenvalue weighted by atomic mass is 35.5. The summed E-state index contributed by atoms with van der Waals surface area (Å²) >= 11 is 6.24. The van der Waals surface area contributed by atoms with E-state index < -0.39 is 0 Å². The molecule has 0 bridgehead atoms. The second kappa shape index (κ2) is 8.06. The van der Waals surface area contributed by atoms with Gasteiger partial charge >= 0.3 is 0 Å². The lowest BCUT2D eigenvalue weighted by molar-refractivity contribution is -0.112. The maximum Gasteiger partial charge on any atom is 0.274 e. The normalized spacial score (nSPS) is 15.0. The van der Waals surface area contributed by atoms with Crippen LogP contribution in [-0.4, -0.2) is 11.6 Å². The zero-order valence-corrected chi connectivity index (χ0v) is 17.1. The van der Waals surface area contributed by atoms with E-state index in [1.165, 1.54) is 5.56 Å². The monoisotopic (exact) mass is 400 g/mol. The fourth-order valence-corrected chi connectivity index (χ4v) is 3.46. The molecule has 1 heterocycles. The van der Waals surface area contributed by atoms with E-state index in [1.807, 2.05) is 60.7 Å². The highest BCUT2D eigenvalue weighted by molar-refractivity contribution is 6.32. The molecule has 0 fully saturated rings. The molecule has 0 spiro atoms. The number of aliphatic imine (C=N–C) groups is 1. The van der Waals surface area contributed by atoms with Crippen molar-refractivity contribution in [3.05, 3.63) is 106 Å². The van der Waals surface area contributed by atoms with Gasteiger partial charge in [-0.3, -0.25) is 4.79 Å². The van der Waals surface area contributed by atoms with Gasteiger partial charge in [0.1, 0.15) is 5.70 Å². The van der Waals surface area contributed by atoms with Crippen LogP contribution in [-0.2, 0) is 4.79 Å². The number of rotatable bonds is 3. The molecule has 0 unspecified atom stereocenters. The van der Waals surface area contributed by atoms with Gasteiger partial charge in [0.05, 0.1) is 11.4 Å². The number of nitrogens with zero attached hydrogens (tertiary/aromatic N) is 1. The maximum atomic E-state index is 12.9. The number of benzodiazepines with no additional fused rings is 1. The van der Waals surface area contributed by atoms with Crippen molar-refractivity contribution in [2.45, 2.75) is 19.8 Å². The minimum absolute atomic E-state index is 0.243. The molecule has 0 saturated carbocycles. The first-order valence-electron chi connectivity index (χ1n) is 9.58. The molecular weight excluding hydrogens is 380 g/mol. The van der Waals surface area contributed by atoms with E-state index in [9.17, 15) is 4.79 Å². The van der Waals surface area contributed by atoms with Crippen LogP contribution in [0, 0.1) is 0 Å². The Morgan fingerprint density at radius 2 is 1.69 bits per heavy atom. The molecule has 3 aromatic rings. The SMILES string of the molecule is CC(C)c1ccc(/C=C2/N=C(c3ccccc3)c3cc(Cl)ccc3NC2=O)cc1. The molecular formula is C25H21ClN2O. The second-order valence-electron chi connectivity index (χ2n) is 7.32. The average Bonchev–Trinajstić information content (AvgIpc) is 2.86. The first kappa shape index (κ1) is 19.2. The highest BCUT2D eigenvalue weighted by Crippen LogP contribution is 2.29. The van der Waals surface area contributed by atoms with Crippen LogP contribution in [0.1, 0.15) is 42.0 Å². The largest absolute Gasteiger partial charge is 0.320 e. The van der Waals surface area contributed by atoms with Crippen LogP contribution in [0.3, 0.4) is 0 Å². The van der Waals surface area contributed by atoms with Crippen LogP contribution < -0.4 is 5.32 Å². The van der Waals surface area contributed by atoms with E-state index in [-0.39, 0.29) is 5.91 Å². The van der Waals surface area contributed by atoms with Crippen LogP contribution in [0.2, 0.25) is 5.02 Å². The lowest BCUT2D eigenvalue weighted by Crippen LogP contribution is -2.12. The summed E-state index contributed by atoms with van der Waals surface area (Å²) in [6.07, 6.45) is 1.82. The molecule has 3 nitrogen and oxygen atoms in total. The average molecular weight is 401 g/mol. The number of nitrogens with one attached hydrogen (secondary N) is 1. The third kappa shape index (κ3) is 4.15. The fraction of sp³-hybridized carbons (Fsp3) is 0.120.